The van der Waals surface area contributed by atoms with Crippen molar-refractivity contribution in [2.24, 2.45) is 11.8 Å². The topological polar surface area (TPSA) is 65.5 Å². The number of hydrogen-bond donors (Lipinski definition) is 2. The number of aliphatic hydroxyl groups excluding tert-OH is 1. The molecule has 2 heterocycles. The van der Waals surface area contributed by atoms with Gasteiger partial charge in [-0.1, -0.05) is 0 Å². The first-order valence-corrected chi connectivity index (χ1v) is 7.67. The SMILES string of the molecule is Cc1cc(N2C[C@H](NC(=O)CO)[C@@H](C3CC3)C2)cc(C)n1. The number of pyridine rings is 1. The maximum Gasteiger partial charge on any atom is 0.245 e. The van der Waals surface area contributed by atoms with Crippen LogP contribution in [0.25, 0.3) is 0 Å². The second kappa shape index (κ2) is 5.64. The van der Waals surface area contributed by atoms with Gasteiger partial charge >= 0.3 is 0 Å². The second-order valence-electron chi connectivity index (χ2n) is 6.35. The quantitative estimate of drug-likeness (QED) is 0.868. The van der Waals surface area contributed by atoms with Crippen molar-refractivity contribution >= 4 is 11.6 Å². The van der Waals surface area contributed by atoms with E-state index < -0.39 is 6.61 Å². The first-order chi connectivity index (χ1) is 10.1. The van der Waals surface area contributed by atoms with Crippen LogP contribution in [0.1, 0.15) is 24.2 Å². The summed E-state index contributed by atoms with van der Waals surface area (Å²) in [6.45, 7) is 5.38. The van der Waals surface area contributed by atoms with E-state index in [2.05, 4.69) is 27.3 Å². The summed E-state index contributed by atoms with van der Waals surface area (Å²) < 4.78 is 0. The molecule has 1 amide bonds. The highest BCUT2D eigenvalue weighted by Crippen LogP contribution is 2.42. The van der Waals surface area contributed by atoms with Gasteiger partial charge in [0, 0.05) is 36.1 Å². The maximum absolute atomic E-state index is 11.5. The van der Waals surface area contributed by atoms with Crippen molar-refractivity contribution < 1.29 is 9.90 Å². The van der Waals surface area contributed by atoms with Gasteiger partial charge in [-0.3, -0.25) is 9.78 Å². The van der Waals surface area contributed by atoms with Crippen LogP contribution in [-0.2, 0) is 4.79 Å². The monoisotopic (exact) mass is 289 g/mol. The molecule has 21 heavy (non-hydrogen) atoms. The molecule has 5 heteroatoms. The highest BCUT2D eigenvalue weighted by molar-refractivity contribution is 5.77. The molecule has 1 aliphatic carbocycles. The van der Waals surface area contributed by atoms with E-state index in [1.807, 2.05) is 13.8 Å². The molecule has 0 radical (unpaired) electrons. The molecule has 2 fully saturated rings. The van der Waals surface area contributed by atoms with Crippen molar-refractivity contribution in [3.63, 3.8) is 0 Å². The molecular formula is C16H23N3O2. The van der Waals surface area contributed by atoms with Crippen LogP contribution in [0.3, 0.4) is 0 Å². The number of aliphatic hydroxyl groups is 1. The third kappa shape index (κ3) is 3.18. The minimum atomic E-state index is -0.429. The van der Waals surface area contributed by atoms with Gasteiger partial charge in [0.2, 0.25) is 5.91 Å². The second-order valence-corrected chi connectivity index (χ2v) is 6.35. The lowest BCUT2D eigenvalue weighted by Gasteiger charge is -2.19. The Morgan fingerprint density at radius 3 is 2.57 bits per heavy atom. The lowest BCUT2D eigenvalue weighted by Crippen LogP contribution is -2.42. The minimum absolute atomic E-state index is 0.144. The van der Waals surface area contributed by atoms with E-state index in [-0.39, 0.29) is 11.9 Å². The predicted octanol–water partition coefficient (Wildman–Crippen LogP) is 1.02. The normalized spacial score (nSPS) is 25.2. The van der Waals surface area contributed by atoms with E-state index in [9.17, 15) is 4.79 Å². The van der Waals surface area contributed by atoms with Crippen LogP contribution in [0.2, 0.25) is 0 Å². The number of anilines is 1. The average Bonchev–Trinajstić information content (AvgIpc) is 3.19. The van der Waals surface area contributed by atoms with Crippen molar-refractivity contribution in [1.82, 2.24) is 10.3 Å². The van der Waals surface area contributed by atoms with Gasteiger partial charge in [0.1, 0.15) is 6.61 Å². The first kappa shape index (κ1) is 14.3. The third-order valence-corrected chi connectivity index (χ3v) is 4.51. The average molecular weight is 289 g/mol. The molecule has 1 aliphatic heterocycles. The number of carbonyl (C=O) groups is 1. The number of nitrogens with one attached hydrogen (secondary N) is 1. The van der Waals surface area contributed by atoms with Gasteiger partial charge in [0.15, 0.2) is 0 Å². The van der Waals surface area contributed by atoms with E-state index >= 15 is 0 Å². The Kier molecular flexibility index (Phi) is 3.85. The molecule has 114 valence electrons. The molecule has 1 saturated heterocycles. The molecule has 0 spiro atoms. The number of carbonyl (C=O) groups excluding carboxylic acids is 1. The van der Waals surface area contributed by atoms with Crippen LogP contribution in [-0.4, -0.2) is 41.7 Å². The maximum atomic E-state index is 11.5. The van der Waals surface area contributed by atoms with Gasteiger partial charge in [-0.25, -0.2) is 0 Å². The van der Waals surface area contributed by atoms with Crippen molar-refractivity contribution in [1.29, 1.82) is 0 Å². The molecule has 2 aliphatic rings. The zero-order chi connectivity index (χ0) is 15.0. The summed E-state index contributed by atoms with van der Waals surface area (Å²) in [6.07, 6.45) is 2.52. The summed E-state index contributed by atoms with van der Waals surface area (Å²) in [7, 11) is 0. The molecule has 1 saturated carbocycles. The lowest BCUT2D eigenvalue weighted by atomic mass is 9.98. The molecular weight excluding hydrogens is 266 g/mol. The highest BCUT2D eigenvalue weighted by Gasteiger charge is 2.43. The van der Waals surface area contributed by atoms with Gasteiger partial charge in [0.05, 0.1) is 6.04 Å². The first-order valence-electron chi connectivity index (χ1n) is 7.67. The Morgan fingerprint density at radius 1 is 1.33 bits per heavy atom. The molecule has 0 aromatic carbocycles. The fourth-order valence-corrected chi connectivity index (χ4v) is 3.44. The third-order valence-electron chi connectivity index (χ3n) is 4.51. The van der Waals surface area contributed by atoms with Crippen molar-refractivity contribution in [3.8, 4) is 0 Å². The zero-order valence-corrected chi connectivity index (χ0v) is 12.7. The summed E-state index contributed by atoms with van der Waals surface area (Å²) in [4.78, 5) is 18.3. The van der Waals surface area contributed by atoms with E-state index in [0.29, 0.717) is 5.92 Å². The predicted molar refractivity (Wildman–Crippen MR) is 81.2 cm³/mol. The molecule has 5 nitrogen and oxygen atoms in total. The summed E-state index contributed by atoms with van der Waals surface area (Å²) in [5, 5.41) is 11.9. The number of rotatable bonds is 4. The molecule has 0 unspecified atom stereocenters. The Hall–Kier alpha value is -1.62. The zero-order valence-electron chi connectivity index (χ0n) is 12.7. The van der Waals surface area contributed by atoms with Gasteiger partial charge in [-0.05, 0) is 44.7 Å². The summed E-state index contributed by atoms with van der Waals surface area (Å²) in [5.41, 5.74) is 3.23. The van der Waals surface area contributed by atoms with Gasteiger partial charge < -0.3 is 15.3 Å². The Labute approximate surface area is 125 Å². The van der Waals surface area contributed by atoms with E-state index in [1.165, 1.54) is 18.5 Å². The van der Waals surface area contributed by atoms with Crippen LogP contribution in [0.5, 0.6) is 0 Å². The summed E-state index contributed by atoms with van der Waals surface area (Å²) in [6, 6.07) is 4.35. The largest absolute Gasteiger partial charge is 0.387 e. The van der Waals surface area contributed by atoms with E-state index in [0.717, 1.165) is 30.4 Å². The van der Waals surface area contributed by atoms with Crippen LogP contribution in [0, 0.1) is 25.7 Å². The fraction of sp³-hybridized carbons (Fsp3) is 0.625. The number of hydrogen-bond acceptors (Lipinski definition) is 4. The van der Waals surface area contributed by atoms with Gasteiger partial charge in [0.25, 0.3) is 0 Å². The number of amides is 1. The number of nitrogens with zero attached hydrogens (tertiary/aromatic N) is 2. The fourth-order valence-electron chi connectivity index (χ4n) is 3.44. The smallest absolute Gasteiger partial charge is 0.245 e. The van der Waals surface area contributed by atoms with E-state index in [1.54, 1.807) is 0 Å². The number of aromatic nitrogens is 1. The van der Waals surface area contributed by atoms with E-state index in [4.69, 9.17) is 5.11 Å². The van der Waals surface area contributed by atoms with Crippen molar-refractivity contribution in [2.75, 3.05) is 24.6 Å². The molecule has 2 N–H and O–H groups in total. The van der Waals surface area contributed by atoms with Crippen LogP contribution in [0.4, 0.5) is 5.69 Å². The molecule has 1 aromatic rings. The molecule has 2 atom stereocenters. The molecule has 3 rings (SSSR count). The minimum Gasteiger partial charge on any atom is -0.387 e. The van der Waals surface area contributed by atoms with Crippen LogP contribution in [0.15, 0.2) is 12.1 Å². The van der Waals surface area contributed by atoms with Crippen molar-refractivity contribution in [2.45, 2.75) is 32.7 Å². The van der Waals surface area contributed by atoms with Crippen LogP contribution < -0.4 is 10.2 Å². The summed E-state index contributed by atoms with van der Waals surface area (Å²) >= 11 is 0. The Morgan fingerprint density at radius 2 is 2.00 bits per heavy atom. The summed E-state index contributed by atoms with van der Waals surface area (Å²) in [5.74, 6) is 0.951. The molecule has 0 bridgehead atoms. The number of aryl methyl sites for hydroxylation is 2. The lowest BCUT2D eigenvalue weighted by molar-refractivity contribution is -0.124. The molecule has 1 aromatic heterocycles. The van der Waals surface area contributed by atoms with Gasteiger partial charge in [-0.2, -0.15) is 0 Å². The van der Waals surface area contributed by atoms with Crippen LogP contribution >= 0.6 is 0 Å². The highest BCUT2D eigenvalue weighted by atomic mass is 16.3. The Bertz CT molecular complexity index is 522. The Balaban J connectivity index is 1.77. The van der Waals surface area contributed by atoms with Crippen molar-refractivity contribution in [3.05, 3.63) is 23.5 Å². The standard InChI is InChI=1S/C16H23N3O2/c1-10-5-13(6-11(2)17-10)19-7-14(12-3-4-12)15(8-19)18-16(21)9-20/h5-6,12,14-15,20H,3-4,7-9H2,1-2H3,(H,18,21)/t14-,15+/m1/s1. The van der Waals surface area contributed by atoms with Gasteiger partial charge in [-0.15, -0.1) is 0 Å².